The van der Waals surface area contributed by atoms with Crippen molar-refractivity contribution in [1.82, 2.24) is 10.3 Å². The number of aromatic nitrogens is 1. The standard InChI is InChI=1S/C26H29FN2O3/c1-16-13-22-20(15-24(16)31-3)23(11-12-28-22)32-25-14-19(9-10-21(25)27)26(30)29-17(2)18-7-5-4-6-8-18/h9-15,17-18H,4-8H2,1-3H3,(H,29,30)/t17-/m1/s1. The zero-order chi connectivity index (χ0) is 22.7. The Morgan fingerprint density at radius 1 is 1.09 bits per heavy atom. The fourth-order valence-electron chi connectivity index (χ4n) is 4.44. The Kier molecular flexibility index (Phi) is 6.58. The van der Waals surface area contributed by atoms with Gasteiger partial charge in [-0.25, -0.2) is 4.39 Å². The van der Waals surface area contributed by atoms with E-state index in [0.29, 0.717) is 28.4 Å². The number of nitrogens with one attached hydrogen (secondary N) is 1. The number of benzene rings is 2. The number of fused-ring (bicyclic) bond motifs is 1. The number of methoxy groups -OCH3 is 1. The summed E-state index contributed by atoms with van der Waals surface area (Å²) in [6.45, 7) is 3.98. The van der Waals surface area contributed by atoms with Crippen LogP contribution in [-0.2, 0) is 0 Å². The van der Waals surface area contributed by atoms with Crippen LogP contribution in [0.25, 0.3) is 10.9 Å². The molecule has 2 aromatic carbocycles. The average molecular weight is 437 g/mol. The third-order valence-corrected chi connectivity index (χ3v) is 6.35. The van der Waals surface area contributed by atoms with Gasteiger partial charge in [-0.1, -0.05) is 19.3 Å². The number of amides is 1. The van der Waals surface area contributed by atoms with Gasteiger partial charge in [-0.05, 0) is 74.6 Å². The molecule has 6 heteroatoms. The summed E-state index contributed by atoms with van der Waals surface area (Å²) in [5, 5.41) is 3.79. The van der Waals surface area contributed by atoms with E-state index in [9.17, 15) is 9.18 Å². The average Bonchev–Trinajstić information content (AvgIpc) is 2.80. The van der Waals surface area contributed by atoms with Gasteiger partial charge in [0.25, 0.3) is 5.91 Å². The van der Waals surface area contributed by atoms with Crippen LogP contribution in [0.4, 0.5) is 4.39 Å². The van der Waals surface area contributed by atoms with E-state index in [2.05, 4.69) is 10.3 Å². The molecule has 1 aromatic heterocycles. The number of nitrogens with zero attached hydrogens (tertiary/aromatic N) is 1. The minimum atomic E-state index is -0.536. The van der Waals surface area contributed by atoms with Crippen LogP contribution in [-0.4, -0.2) is 24.0 Å². The van der Waals surface area contributed by atoms with E-state index in [0.717, 1.165) is 23.9 Å². The number of aryl methyl sites for hydroxylation is 1. The first-order valence-corrected chi connectivity index (χ1v) is 11.2. The molecule has 5 nitrogen and oxygen atoms in total. The van der Waals surface area contributed by atoms with Gasteiger partial charge in [0.15, 0.2) is 11.6 Å². The lowest BCUT2D eigenvalue weighted by atomic mass is 9.84. The van der Waals surface area contributed by atoms with Crippen molar-refractivity contribution in [2.75, 3.05) is 7.11 Å². The maximum atomic E-state index is 14.6. The maximum absolute atomic E-state index is 14.6. The predicted octanol–water partition coefficient (Wildman–Crippen LogP) is 6.18. The van der Waals surface area contributed by atoms with Crippen molar-refractivity contribution in [2.45, 2.75) is 52.0 Å². The smallest absolute Gasteiger partial charge is 0.251 e. The van der Waals surface area contributed by atoms with Gasteiger partial charge in [-0.3, -0.25) is 9.78 Å². The van der Waals surface area contributed by atoms with Gasteiger partial charge in [0.05, 0.1) is 12.6 Å². The first-order valence-electron chi connectivity index (χ1n) is 11.2. The lowest BCUT2D eigenvalue weighted by molar-refractivity contribution is 0.0919. The molecule has 1 heterocycles. The number of carbonyl (C=O) groups excluding carboxylic acids is 1. The van der Waals surface area contributed by atoms with Gasteiger partial charge in [-0.2, -0.15) is 0 Å². The molecule has 3 aromatic rings. The minimum absolute atomic E-state index is 0.00462. The number of rotatable bonds is 6. The van der Waals surface area contributed by atoms with Crippen molar-refractivity contribution in [3.05, 3.63) is 59.5 Å². The molecule has 1 saturated carbocycles. The number of hydrogen-bond donors (Lipinski definition) is 1. The number of ether oxygens (including phenoxy) is 2. The van der Waals surface area contributed by atoms with Gasteiger partial charge < -0.3 is 14.8 Å². The topological polar surface area (TPSA) is 60.5 Å². The Morgan fingerprint density at radius 2 is 1.88 bits per heavy atom. The second kappa shape index (κ2) is 9.55. The SMILES string of the molecule is COc1cc2c(Oc3cc(C(=O)N[C@H](C)C4CCCCC4)ccc3F)ccnc2cc1C. The summed E-state index contributed by atoms with van der Waals surface area (Å²) in [6, 6.07) is 9.69. The van der Waals surface area contributed by atoms with Crippen LogP contribution in [0.15, 0.2) is 42.6 Å². The van der Waals surface area contributed by atoms with Gasteiger partial charge in [0.2, 0.25) is 0 Å². The molecule has 1 fully saturated rings. The molecule has 0 saturated heterocycles. The highest BCUT2D eigenvalue weighted by molar-refractivity contribution is 5.95. The molecule has 0 spiro atoms. The molecule has 1 amide bonds. The van der Waals surface area contributed by atoms with Crippen LogP contribution in [0.2, 0.25) is 0 Å². The number of pyridine rings is 1. The molecule has 0 aliphatic heterocycles. The number of hydrogen-bond acceptors (Lipinski definition) is 4. The fraction of sp³-hybridized carbons (Fsp3) is 0.385. The van der Waals surface area contributed by atoms with Gasteiger partial charge in [0, 0.05) is 23.2 Å². The summed E-state index contributed by atoms with van der Waals surface area (Å²) in [7, 11) is 1.60. The second-order valence-electron chi connectivity index (χ2n) is 8.56. The van der Waals surface area contributed by atoms with Gasteiger partial charge in [0.1, 0.15) is 11.5 Å². The molecular formula is C26H29FN2O3. The van der Waals surface area contributed by atoms with Gasteiger partial charge in [-0.15, -0.1) is 0 Å². The summed E-state index contributed by atoms with van der Waals surface area (Å²) < 4.78 is 25.9. The molecule has 0 unspecified atom stereocenters. The third-order valence-electron chi connectivity index (χ3n) is 6.35. The monoisotopic (exact) mass is 436 g/mol. The highest BCUT2D eigenvalue weighted by Crippen LogP contribution is 2.34. The van der Waals surface area contributed by atoms with Crippen molar-refractivity contribution in [1.29, 1.82) is 0 Å². The van der Waals surface area contributed by atoms with Crippen LogP contribution in [0.5, 0.6) is 17.2 Å². The highest BCUT2D eigenvalue weighted by Gasteiger charge is 2.22. The van der Waals surface area contributed by atoms with Gasteiger partial charge >= 0.3 is 0 Å². The van der Waals surface area contributed by atoms with E-state index in [-0.39, 0.29) is 17.7 Å². The predicted molar refractivity (Wildman–Crippen MR) is 123 cm³/mol. The second-order valence-corrected chi connectivity index (χ2v) is 8.56. The van der Waals surface area contributed by atoms with E-state index in [4.69, 9.17) is 9.47 Å². The van der Waals surface area contributed by atoms with Crippen LogP contribution in [0, 0.1) is 18.7 Å². The molecular weight excluding hydrogens is 407 g/mol. The van der Waals surface area contributed by atoms with Crippen LogP contribution >= 0.6 is 0 Å². The Hall–Kier alpha value is -3.15. The van der Waals surface area contributed by atoms with E-state index < -0.39 is 5.82 Å². The maximum Gasteiger partial charge on any atom is 0.251 e. The molecule has 1 aliphatic carbocycles. The summed E-state index contributed by atoms with van der Waals surface area (Å²) in [5.41, 5.74) is 2.04. The lowest BCUT2D eigenvalue weighted by Crippen LogP contribution is -2.38. The van der Waals surface area contributed by atoms with Crippen molar-refractivity contribution in [2.24, 2.45) is 5.92 Å². The molecule has 168 valence electrons. The van der Waals surface area contributed by atoms with Crippen molar-refractivity contribution in [3.63, 3.8) is 0 Å². The molecule has 1 aliphatic rings. The highest BCUT2D eigenvalue weighted by atomic mass is 19.1. The first-order chi connectivity index (χ1) is 15.5. The van der Waals surface area contributed by atoms with E-state index >= 15 is 0 Å². The van der Waals surface area contributed by atoms with Crippen molar-refractivity contribution >= 4 is 16.8 Å². The Morgan fingerprint density at radius 3 is 2.62 bits per heavy atom. The first kappa shape index (κ1) is 22.1. The lowest BCUT2D eigenvalue weighted by Gasteiger charge is -2.28. The number of carbonyl (C=O) groups is 1. The summed E-state index contributed by atoms with van der Waals surface area (Å²) >= 11 is 0. The van der Waals surface area contributed by atoms with Crippen molar-refractivity contribution < 1.29 is 18.7 Å². The summed E-state index contributed by atoms with van der Waals surface area (Å²) in [4.78, 5) is 17.2. The summed E-state index contributed by atoms with van der Waals surface area (Å²) in [6.07, 6.45) is 7.58. The van der Waals surface area contributed by atoms with E-state index in [1.165, 1.54) is 37.5 Å². The zero-order valence-corrected chi connectivity index (χ0v) is 18.8. The Balaban J connectivity index is 1.57. The van der Waals surface area contributed by atoms with Crippen LogP contribution in [0.1, 0.15) is 54.9 Å². The fourth-order valence-corrected chi connectivity index (χ4v) is 4.44. The molecule has 1 N–H and O–H groups in total. The quantitative estimate of drug-likeness (QED) is 0.501. The van der Waals surface area contributed by atoms with Crippen LogP contribution < -0.4 is 14.8 Å². The number of halogens is 1. The van der Waals surface area contributed by atoms with E-state index in [1.807, 2.05) is 26.0 Å². The Bertz CT molecular complexity index is 1130. The molecule has 4 rings (SSSR count). The molecule has 0 bridgehead atoms. The minimum Gasteiger partial charge on any atom is -0.496 e. The summed E-state index contributed by atoms with van der Waals surface area (Å²) in [5.74, 6) is 0.872. The normalized spacial score (nSPS) is 15.4. The molecule has 0 radical (unpaired) electrons. The van der Waals surface area contributed by atoms with Crippen LogP contribution in [0.3, 0.4) is 0 Å². The zero-order valence-electron chi connectivity index (χ0n) is 18.8. The van der Waals surface area contributed by atoms with E-state index in [1.54, 1.807) is 19.4 Å². The molecule has 1 atom stereocenters. The Labute approximate surface area is 188 Å². The third kappa shape index (κ3) is 4.69. The largest absolute Gasteiger partial charge is 0.496 e. The van der Waals surface area contributed by atoms with Crippen molar-refractivity contribution in [3.8, 4) is 17.2 Å². The molecule has 32 heavy (non-hydrogen) atoms.